The number of carbonyl (C=O) groups is 1. The first-order chi connectivity index (χ1) is 12.2. The molecule has 132 valence electrons. The molecule has 4 heterocycles. The average Bonchev–Trinajstić information content (AvgIpc) is 3.29. The van der Waals surface area contributed by atoms with Crippen molar-refractivity contribution in [1.29, 1.82) is 0 Å². The van der Waals surface area contributed by atoms with Crippen molar-refractivity contribution in [1.82, 2.24) is 19.7 Å². The lowest BCUT2D eigenvalue weighted by molar-refractivity contribution is 0.154. The van der Waals surface area contributed by atoms with Gasteiger partial charge in [-0.2, -0.15) is 5.10 Å². The molecule has 25 heavy (non-hydrogen) atoms. The molecule has 1 fully saturated rings. The lowest BCUT2D eigenvalue weighted by Gasteiger charge is -2.17. The molecule has 2 aromatic rings. The van der Waals surface area contributed by atoms with Crippen molar-refractivity contribution < 1.29 is 9.90 Å². The number of amides is 1. The normalized spacial score (nSPS) is 19.5. The summed E-state index contributed by atoms with van der Waals surface area (Å²) in [6.45, 7) is 2.11. The Labute approximate surface area is 146 Å². The SMILES string of the molecule is O=C(O)N1CC[C@@H](n2cc(CCc3ccc4c(n3)NCCC4)cn2)C1. The molecule has 0 aliphatic carbocycles. The van der Waals surface area contributed by atoms with E-state index in [1.165, 1.54) is 22.4 Å². The molecule has 0 saturated carbocycles. The van der Waals surface area contributed by atoms with Crippen molar-refractivity contribution in [3.8, 4) is 0 Å². The van der Waals surface area contributed by atoms with Crippen molar-refractivity contribution in [3.63, 3.8) is 0 Å². The van der Waals surface area contributed by atoms with E-state index < -0.39 is 6.09 Å². The molecule has 2 aromatic heterocycles. The number of aromatic nitrogens is 3. The number of aryl methyl sites for hydroxylation is 3. The van der Waals surface area contributed by atoms with Crippen LogP contribution in [0, 0.1) is 0 Å². The summed E-state index contributed by atoms with van der Waals surface area (Å²) in [5.41, 5.74) is 3.58. The summed E-state index contributed by atoms with van der Waals surface area (Å²) in [4.78, 5) is 17.2. The minimum Gasteiger partial charge on any atom is -0.465 e. The summed E-state index contributed by atoms with van der Waals surface area (Å²) >= 11 is 0. The van der Waals surface area contributed by atoms with Gasteiger partial charge in [0, 0.05) is 31.5 Å². The number of rotatable bonds is 4. The number of fused-ring (bicyclic) bond motifs is 1. The Morgan fingerprint density at radius 1 is 1.36 bits per heavy atom. The molecule has 2 aliphatic heterocycles. The van der Waals surface area contributed by atoms with Crippen LogP contribution in [0.25, 0.3) is 0 Å². The molecule has 1 amide bonds. The first kappa shape index (κ1) is 15.9. The number of likely N-dealkylation sites (tertiary alicyclic amines) is 1. The summed E-state index contributed by atoms with van der Waals surface area (Å²) in [7, 11) is 0. The topological polar surface area (TPSA) is 83.3 Å². The highest BCUT2D eigenvalue weighted by Crippen LogP contribution is 2.22. The van der Waals surface area contributed by atoms with Crippen molar-refractivity contribution >= 4 is 11.9 Å². The van der Waals surface area contributed by atoms with Gasteiger partial charge in [-0.1, -0.05) is 6.07 Å². The number of anilines is 1. The Morgan fingerprint density at radius 3 is 3.12 bits per heavy atom. The van der Waals surface area contributed by atoms with Crippen molar-refractivity contribution in [2.24, 2.45) is 0 Å². The molecule has 4 rings (SSSR count). The highest BCUT2D eigenvalue weighted by molar-refractivity contribution is 5.65. The summed E-state index contributed by atoms with van der Waals surface area (Å²) < 4.78 is 1.92. The molecule has 0 bridgehead atoms. The van der Waals surface area contributed by atoms with E-state index in [1.54, 1.807) is 0 Å². The van der Waals surface area contributed by atoms with Crippen LogP contribution in [-0.2, 0) is 19.3 Å². The van der Waals surface area contributed by atoms with Crippen LogP contribution in [-0.4, -0.2) is 50.5 Å². The quantitative estimate of drug-likeness (QED) is 0.892. The van der Waals surface area contributed by atoms with E-state index in [0.29, 0.717) is 13.1 Å². The number of pyridine rings is 1. The molecule has 0 aromatic carbocycles. The fraction of sp³-hybridized carbons (Fsp3) is 0.500. The molecule has 2 N–H and O–H groups in total. The standard InChI is InChI=1S/C18H23N5O2/c24-18(25)22-9-7-16(12-22)23-11-13(10-20-23)3-5-15-6-4-14-2-1-8-19-17(14)21-15/h4,6,10-11,16H,1-3,5,7-9,12H2,(H,19,21)(H,24,25)/t16-/m1/s1. The number of hydrogen-bond acceptors (Lipinski definition) is 4. The average molecular weight is 341 g/mol. The molecule has 7 nitrogen and oxygen atoms in total. The molecule has 7 heteroatoms. The monoisotopic (exact) mass is 341 g/mol. The zero-order valence-electron chi connectivity index (χ0n) is 14.2. The molecule has 1 saturated heterocycles. The predicted molar refractivity (Wildman–Crippen MR) is 93.9 cm³/mol. The van der Waals surface area contributed by atoms with E-state index in [1.807, 2.05) is 17.1 Å². The second kappa shape index (κ2) is 6.74. The van der Waals surface area contributed by atoms with Crippen LogP contribution in [0.5, 0.6) is 0 Å². The minimum absolute atomic E-state index is 0.149. The van der Waals surface area contributed by atoms with E-state index in [4.69, 9.17) is 10.1 Å². The van der Waals surface area contributed by atoms with Gasteiger partial charge in [-0.05, 0) is 49.3 Å². The van der Waals surface area contributed by atoms with Gasteiger partial charge < -0.3 is 15.3 Å². The maximum atomic E-state index is 11.0. The first-order valence-corrected chi connectivity index (χ1v) is 8.92. The maximum absolute atomic E-state index is 11.0. The molecule has 0 spiro atoms. The number of nitrogens with zero attached hydrogens (tertiary/aromatic N) is 4. The van der Waals surface area contributed by atoms with Gasteiger partial charge in [0.1, 0.15) is 5.82 Å². The van der Waals surface area contributed by atoms with Crippen LogP contribution in [0.1, 0.15) is 35.7 Å². The Bertz CT molecular complexity index is 773. The molecule has 0 radical (unpaired) electrons. The maximum Gasteiger partial charge on any atom is 0.407 e. The van der Waals surface area contributed by atoms with E-state index in [-0.39, 0.29) is 6.04 Å². The molecular formula is C18H23N5O2. The number of carboxylic acid groups (broad SMARTS) is 1. The zero-order chi connectivity index (χ0) is 17.2. The van der Waals surface area contributed by atoms with Gasteiger partial charge in [0.15, 0.2) is 0 Å². The summed E-state index contributed by atoms with van der Waals surface area (Å²) in [5.74, 6) is 1.04. The van der Waals surface area contributed by atoms with Crippen molar-refractivity contribution in [2.45, 2.75) is 38.1 Å². The third kappa shape index (κ3) is 3.45. The Morgan fingerprint density at radius 2 is 2.28 bits per heavy atom. The van der Waals surface area contributed by atoms with Crippen LogP contribution in [0.2, 0.25) is 0 Å². The van der Waals surface area contributed by atoms with Gasteiger partial charge in [-0.25, -0.2) is 9.78 Å². The third-order valence-corrected chi connectivity index (χ3v) is 5.08. The van der Waals surface area contributed by atoms with E-state index in [9.17, 15) is 4.79 Å². The largest absolute Gasteiger partial charge is 0.465 e. The lowest BCUT2D eigenvalue weighted by atomic mass is 10.1. The van der Waals surface area contributed by atoms with E-state index in [2.05, 4.69) is 22.5 Å². The third-order valence-electron chi connectivity index (χ3n) is 5.08. The van der Waals surface area contributed by atoms with Crippen LogP contribution >= 0.6 is 0 Å². The number of hydrogen-bond donors (Lipinski definition) is 2. The molecule has 2 aliphatic rings. The zero-order valence-corrected chi connectivity index (χ0v) is 14.2. The fourth-order valence-corrected chi connectivity index (χ4v) is 3.62. The number of nitrogens with one attached hydrogen (secondary N) is 1. The van der Waals surface area contributed by atoms with Crippen LogP contribution < -0.4 is 5.32 Å². The molecule has 0 unspecified atom stereocenters. The first-order valence-electron chi connectivity index (χ1n) is 8.92. The Hall–Kier alpha value is -2.57. The fourth-order valence-electron chi connectivity index (χ4n) is 3.62. The Balaban J connectivity index is 1.36. The van der Waals surface area contributed by atoms with Gasteiger partial charge in [0.2, 0.25) is 0 Å². The Kier molecular flexibility index (Phi) is 4.29. The minimum atomic E-state index is -0.845. The van der Waals surface area contributed by atoms with Crippen molar-refractivity contribution in [3.05, 3.63) is 41.3 Å². The highest BCUT2D eigenvalue weighted by atomic mass is 16.4. The van der Waals surface area contributed by atoms with Gasteiger partial charge in [0.25, 0.3) is 0 Å². The molecule has 1 atom stereocenters. The van der Waals surface area contributed by atoms with Crippen molar-refractivity contribution in [2.75, 3.05) is 25.0 Å². The smallest absolute Gasteiger partial charge is 0.407 e. The van der Waals surface area contributed by atoms with Gasteiger partial charge in [0.05, 0.1) is 12.2 Å². The second-order valence-electron chi connectivity index (χ2n) is 6.84. The van der Waals surface area contributed by atoms with E-state index in [0.717, 1.165) is 43.7 Å². The van der Waals surface area contributed by atoms with Crippen LogP contribution in [0.3, 0.4) is 0 Å². The van der Waals surface area contributed by atoms with Crippen LogP contribution in [0.4, 0.5) is 10.6 Å². The summed E-state index contributed by atoms with van der Waals surface area (Å²) in [5, 5.41) is 16.9. The second-order valence-corrected chi connectivity index (χ2v) is 6.84. The van der Waals surface area contributed by atoms with Gasteiger partial charge in [-0.3, -0.25) is 4.68 Å². The van der Waals surface area contributed by atoms with Crippen LogP contribution in [0.15, 0.2) is 24.5 Å². The summed E-state index contributed by atoms with van der Waals surface area (Å²) in [6, 6.07) is 4.46. The summed E-state index contributed by atoms with van der Waals surface area (Å²) in [6.07, 6.45) is 7.97. The van der Waals surface area contributed by atoms with Gasteiger partial charge in [-0.15, -0.1) is 0 Å². The highest BCUT2D eigenvalue weighted by Gasteiger charge is 2.27. The predicted octanol–water partition coefficient (Wildman–Crippen LogP) is 2.35. The molecular weight excluding hydrogens is 318 g/mol. The van der Waals surface area contributed by atoms with E-state index >= 15 is 0 Å². The lowest BCUT2D eigenvalue weighted by Crippen LogP contribution is -2.27. The van der Waals surface area contributed by atoms with Gasteiger partial charge >= 0.3 is 6.09 Å².